The maximum atomic E-state index is 12.0. The molecule has 0 saturated carbocycles. The van der Waals surface area contributed by atoms with E-state index in [1.807, 2.05) is 19.1 Å². The third-order valence-corrected chi connectivity index (χ3v) is 3.58. The fraction of sp³-hybridized carbons (Fsp3) is 0.211. The van der Waals surface area contributed by atoms with E-state index in [9.17, 15) is 14.4 Å². The Labute approximate surface area is 141 Å². The Kier molecular flexibility index (Phi) is 5.84. The number of Topliss-reactive ketones (excluding diaryl/α,β-unsaturated/α-hetero) is 1. The molecule has 124 valence electrons. The summed E-state index contributed by atoms with van der Waals surface area (Å²) in [5.41, 5.74) is 2.60. The first-order chi connectivity index (χ1) is 11.5. The summed E-state index contributed by atoms with van der Waals surface area (Å²) in [5, 5.41) is 5.45. The molecule has 2 aromatic rings. The van der Waals surface area contributed by atoms with Crippen LogP contribution in [0.15, 0.2) is 48.5 Å². The van der Waals surface area contributed by atoms with E-state index in [-0.39, 0.29) is 30.6 Å². The molecule has 0 atom stereocenters. The Balaban J connectivity index is 1.83. The van der Waals surface area contributed by atoms with Crippen molar-refractivity contribution in [1.29, 1.82) is 0 Å². The number of carbonyl (C=O) groups is 3. The molecule has 24 heavy (non-hydrogen) atoms. The van der Waals surface area contributed by atoms with E-state index in [1.165, 1.54) is 6.92 Å². The van der Waals surface area contributed by atoms with Gasteiger partial charge >= 0.3 is 0 Å². The number of benzene rings is 2. The maximum absolute atomic E-state index is 12.0. The lowest BCUT2D eigenvalue weighted by atomic mass is 10.1. The van der Waals surface area contributed by atoms with Crippen molar-refractivity contribution in [2.45, 2.75) is 20.3 Å². The van der Waals surface area contributed by atoms with Gasteiger partial charge in [0.2, 0.25) is 5.91 Å². The second kappa shape index (κ2) is 8.06. The highest BCUT2D eigenvalue weighted by Crippen LogP contribution is 2.11. The fourth-order valence-electron chi connectivity index (χ4n) is 2.25. The predicted octanol–water partition coefficient (Wildman–Crippen LogP) is 2.96. The van der Waals surface area contributed by atoms with E-state index >= 15 is 0 Å². The van der Waals surface area contributed by atoms with Gasteiger partial charge in [-0.2, -0.15) is 0 Å². The van der Waals surface area contributed by atoms with Crippen LogP contribution in [0.1, 0.15) is 39.6 Å². The van der Waals surface area contributed by atoms with Gasteiger partial charge in [-0.1, -0.05) is 30.3 Å². The SMILES string of the molecule is CC(=O)c1cccc(NC(=O)CCNC(=O)c2ccccc2C)c1. The van der Waals surface area contributed by atoms with Crippen molar-refractivity contribution in [3.05, 3.63) is 65.2 Å². The van der Waals surface area contributed by atoms with Gasteiger partial charge in [0.15, 0.2) is 5.78 Å². The molecule has 0 spiro atoms. The number of nitrogens with one attached hydrogen (secondary N) is 2. The third kappa shape index (κ3) is 4.78. The van der Waals surface area contributed by atoms with Gasteiger partial charge < -0.3 is 10.6 Å². The van der Waals surface area contributed by atoms with Crippen molar-refractivity contribution in [2.75, 3.05) is 11.9 Å². The summed E-state index contributed by atoms with van der Waals surface area (Å²) < 4.78 is 0. The zero-order valence-corrected chi connectivity index (χ0v) is 13.8. The third-order valence-electron chi connectivity index (χ3n) is 3.58. The van der Waals surface area contributed by atoms with Crippen molar-refractivity contribution in [1.82, 2.24) is 5.32 Å². The quantitative estimate of drug-likeness (QED) is 0.802. The lowest BCUT2D eigenvalue weighted by Gasteiger charge is -2.09. The highest BCUT2D eigenvalue weighted by atomic mass is 16.2. The molecule has 0 aliphatic heterocycles. The zero-order chi connectivity index (χ0) is 17.5. The Morgan fingerprint density at radius 2 is 1.75 bits per heavy atom. The number of anilines is 1. The molecule has 0 aliphatic carbocycles. The lowest BCUT2D eigenvalue weighted by molar-refractivity contribution is -0.116. The number of amides is 2. The molecule has 2 rings (SSSR count). The van der Waals surface area contributed by atoms with Crippen LogP contribution in [0, 0.1) is 6.92 Å². The molecular formula is C19H20N2O3. The summed E-state index contributed by atoms with van der Waals surface area (Å²) in [5.74, 6) is -0.475. The largest absolute Gasteiger partial charge is 0.352 e. The van der Waals surface area contributed by atoms with E-state index in [1.54, 1.807) is 36.4 Å². The van der Waals surface area contributed by atoms with Gasteiger partial charge in [-0.05, 0) is 37.6 Å². The van der Waals surface area contributed by atoms with Crippen LogP contribution < -0.4 is 10.6 Å². The number of ketones is 1. The van der Waals surface area contributed by atoms with Gasteiger partial charge in [0.1, 0.15) is 0 Å². The molecule has 5 heteroatoms. The molecule has 0 radical (unpaired) electrons. The molecule has 0 fully saturated rings. The Hall–Kier alpha value is -2.95. The van der Waals surface area contributed by atoms with E-state index in [2.05, 4.69) is 10.6 Å². The summed E-state index contributed by atoms with van der Waals surface area (Å²) in [6, 6.07) is 14.0. The van der Waals surface area contributed by atoms with Crippen LogP contribution in [-0.2, 0) is 4.79 Å². The van der Waals surface area contributed by atoms with Crippen LogP contribution in [0.2, 0.25) is 0 Å². The summed E-state index contributed by atoms with van der Waals surface area (Å²) in [7, 11) is 0. The van der Waals surface area contributed by atoms with Crippen LogP contribution in [0.5, 0.6) is 0 Å². The van der Waals surface area contributed by atoms with Crippen molar-refractivity contribution < 1.29 is 14.4 Å². The summed E-state index contributed by atoms with van der Waals surface area (Å²) in [6.45, 7) is 3.58. The van der Waals surface area contributed by atoms with Crippen LogP contribution in [0.3, 0.4) is 0 Å². The molecule has 2 N–H and O–H groups in total. The van der Waals surface area contributed by atoms with Crippen molar-refractivity contribution in [3.63, 3.8) is 0 Å². The van der Waals surface area contributed by atoms with Crippen LogP contribution >= 0.6 is 0 Å². The minimum absolute atomic E-state index is 0.0587. The number of hydrogen-bond acceptors (Lipinski definition) is 3. The zero-order valence-electron chi connectivity index (χ0n) is 13.8. The summed E-state index contributed by atoms with van der Waals surface area (Å²) in [4.78, 5) is 35.3. The van der Waals surface area contributed by atoms with Gasteiger partial charge in [0.05, 0.1) is 0 Å². The Morgan fingerprint density at radius 1 is 1.00 bits per heavy atom. The molecule has 0 saturated heterocycles. The second-order valence-corrected chi connectivity index (χ2v) is 5.51. The van der Waals surface area contributed by atoms with Crippen molar-refractivity contribution in [3.8, 4) is 0 Å². The van der Waals surface area contributed by atoms with Gasteiger partial charge in [-0.3, -0.25) is 14.4 Å². The monoisotopic (exact) mass is 324 g/mol. The van der Waals surface area contributed by atoms with Crippen LogP contribution in [-0.4, -0.2) is 24.1 Å². The lowest BCUT2D eigenvalue weighted by Crippen LogP contribution is -2.28. The molecule has 0 bridgehead atoms. The molecule has 0 unspecified atom stereocenters. The van der Waals surface area contributed by atoms with Gasteiger partial charge in [-0.25, -0.2) is 0 Å². The average Bonchev–Trinajstić information content (AvgIpc) is 2.55. The first-order valence-corrected chi connectivity index (χ1v) is 7.72. The fourth-order valence-corrected chi connectivity index (χ4v) is 2.25. The summed E-state index contributed by atoms with van der Waals surface area (Å²) >= 11 is 0. The smallest absolute Gasteiger partial charge is 0.251 e. The molecule has 2 amide bonds. The van der Waals surface area contributed by atoms with Crippen LogP contribution in [0.25, 0.3) is 0 Å². The van der Waals surface area contributed by atoms with E-state index in [0.29, 0.717) is 16.8 Å². The normalized spacial score (nSPS) is 10.1. The van der Waals surface area contributed by atoms with Gasteiger partial charge in [-0.15, -0.1) is 0 Å². The van der Waals surface area contributed by atoms with E-state index in [0.717, 1.165) is 5.56 Å². The van der Waals surface area contributed by atoms with E-state index in [4.69, 9.17) is 0 Å². The Morgan fingerprint density at radius 3 is 2.46 bits per heavy atom. The number of hydrogen-bond donors (Lipinski definition) is 2. The predicted molar refractivity (Wildman–Crippen MR) is 93.2 cm³/mol. The standard InChI is InChI=1S/C19H20N2O3/c1-13-6-3-4-9-17(13)19(24)20-11-10-18(23)21-16-8-5-7-15(12-16)14(2)22/h3-9,12H,10-11H2,1-2H3,(H,20,24)(H,21,23). The highest BCUT2D eigenvalue weighted by Gasteiger charge is 2.09. The molecule has 5 nitrogen and oxygen atoms in total. The average molecular weight is 324 g/mol. The van der Waals surface area contributed by atoms with Crippen molar-refractivity contribution >= 4 is 23.3 Å². The van der Waals surface area contributed by atoms with E-state index < -0.39 is 0 Å². The summed E-state index contributed by atoms with van der Waals surface area (Å²) in [6.07, 6.45) is 0.155. The minimum atomic E-state index is -0.221. The molecule has 0 aromatic heterocycles. The topological polar surface area (TPSA) is 75.3 Å². The first kappa shape index (κ1) is 17.4. The minimum Gasteiger partial charge on any atom is -0.352 e. The van der Waals surface area contributed by atoms with Crippen molar-refractivity contribution in [2.24, 2.45) is 0 Å². The molecule has 2 aromatic carbocycles. The highest BCUT2D eigenvalue weighted by molar-refractivity contribution is 5.98. The van der Waals surface area contributed by atoms with Crippen LogP contribution in [0.4, 0.5) is 5.69 Å². The second-order valence-electron chi connectivity index (χ2n) is 5.51. The molecule has 0 heterocycles. The maximum Gasteiger partial charge on any atom is 0.251 e. The van der Waals surface area contributed by atoms with Gasteiger partial charge in [0, 0.05) is 29.8 Å². The molecular weight excluding hydrogens is 304 g/mol. The number of aryl methyl sites for hydroxylation is 1. The first-order valence-electron chi connectivity index (χ1n) is 7.72. The van der Waals surface area contributed by atoms with Gasteiger partial charge in [0.25, 0.3) is 5.91 Å². The number of carbonyl (C=O) groups excluding carboxylic acids is 3. The Bertz CT molecular complexity index is 769. The molecule has 0 aliphatic rings. The number of rotatable bonds is 6.